The topological polar surface area (TPSA) is 85.6 Å². The molecule has 0 aromatic carbocycles. The Bertz CT molecular complexity index is 917. The predicted octanol–water partition coefficient (Wildman–Crippen LogP) is 3.88. The molecule has 1 aliphatic rings. The molecule has 0 atom stereocenters. The summed E-state index contributed by atoms with van der Waals surface area (Å²) in [6.07, 6.45) is 5.81. The Labute approximate surface area is 169 Å². The average Bonchev–Trinajstić information content (AvgIpc) is 3.40. The monoisotopic (exact) mass is 420 g/mol. The van der Waals surface area contributed by atoms with Gasteiger partial charge in [-0.2, -0.15) is 0 Å². The summed E-state index contributed by atoms with van der Waals surface area (Å²) < 4.78 is 2.15. The SMILES string of the molecule is CCCn1c(SCC(=O)Nc2nncs2)nnc1-c1csc2c1CCCC2. The van der Waals surface area contributed by atoms with Gasteiger partial charge >= 0.3 is 0 Å². The van der Waals surface area contributed by atoms with E-state index in [2.05, 4.69) is 42.6 Å². The molecule has 1 aliphatic carbocycles. The van der Waals surface area contributed by atoms with Crippen molar-refractivity contribution in [2.45, 2.75) is 50.7 Å². The van der Waals surface area contributed by atoms with Gasteiger partial charge in [0.2, 0.25) is 11.0 Å². The highest BCUT2D eigenvalue weighted by atomic mass is 32.2. The number of carbonyl (C=O) groups excluding carboxylic acids is 1. The third-order valence-corrected chi connectivity index (χ3v) is 7.07. The first-order valence-electron chi connectivity index (χ1n) is 8.98. The van der Waals surface area contributed by atoms with Gasteiger partial charge in [0.05, 0.1) is 5.75 Å². The highest BCUT2D eigenvalue weighted by molar-refractivity contribution is 7.99. The first-order valence-corrected chi connectivity index (χ1v) is 11.7. The summed E-state index contributed by atoms with van der Waals surface area (Å²) in [6.45, 7) is 2.98. The molecule has 1 N–H and O–H groups in total. The largest absolute Gasteiger partial charge is 0.302 e. The van der Waals surface area contributed by atoms with E-state index < -0.39 is 0 Å². The minimum Gasteiger partial charge on any atom is -0.302 e. The summed E-state index contributed by atoms with van der Waals surface area (Å²) in [6, 6.07) is 0. The Balaban J connectivity index is 1.52. The lowest BCUT2D eigenvalue weighted by atomic mass is 9.95. The molecule has 0 saturated carbocycles. The minimum atomic E-state index is -0.114. The summed E-state index contributed by atoms with van der Waals surface area (Å²) in [7, 11) is 0. The van der Waals surface area contributed by atoms with E-state index in [1.165, 1.54) is 58.4 Å². The van der Waals surface area contributed by atoms with Crippen molar-refractivity contribution >= 4 is 45.5 Å². The molecule has 0 fully saturated rings. The fourth-order valence-corrected chi connectivity index (χ4v) is 5.56. The third kappa shape index (κ3) is 4.07. The number of hydrogen-bond acceptors (Lipinski definition) is 8. The van der Waals surface area contributed by atoms with Gasteiger partial charge in [-0.1, -0.05) is 30.0 Å². The molecule has 0 unspecified atom stereocenters. The summed E-state index contributed by atoms with van der Waals surface area (Å²) in [5, 5.41) is 22.7. The molecule has 27 heavy (non-hydrogen) atoms. The van der Waals surface area contributed by atoms with Gasteiger partial charge < -0.3 is 4.57 Å². The van der Waals surface area contributed by atoms with Gasteiger partial charge in [0.15, 0.2) is 11.0 Å². The van der Waals surface area contributed by atoms with Crippen molar-refractivity contribution in [1.29, 1.82) is 0 Å². The number of thioether (sulfide) groups is 1. The van der Waals surface area contributed by atoms with E-state index in [1.807, 2.05) is 11.3 Å². The number of carbonyl (C=O) groups is 1. The maximum Gasteiger partial charge on any atom is 0.236 e. The molecule has 142 valence electrons. The molecule has 10 heteroatoms. The van der Waals surface area contributed by atoms with Crippen LogP contribution in [0.3, 0.4) is 0 Å². The number of aromatic nitrogens is 5. The van der Waals surface area contributed by atoms with Crippen molar-refractivity contribution in [2.75, 3.05) is 11.1 Å². The standard InChI is InChI=1S/C17H20N6OS3/c1-2-7-23-15(12-8-25-13-6-4-3-5-11(12)13)20-22-17(23)26-9-14(24)19-16-21-18-10-27-16/h8,10H,2-7,9H2,1H3,(H,19,21,24). The number of nitrogens with zero attached hydrogens (tertiary/aromatic N) is 5. The molecule has 3 aromatic heterocycles. The Morgan fingerprint density at radius 1 is 1.26 bits per heavy atom. The molecule has 4 rings (SSSR count). The van der Waals surface area contributed by atoms with Crippen LogP contribution in [0.5, 0.6) is 0 Å². The quantitative estimate of drug-likeness (QED) is 0.584. The van der Waals surface area contributed by atoms with Gasteiger partial charge in [0, 0.05) is 22.4 Å². The van der Waals surface area contributed by atoms with Crippen LogP contribution in [0.1, 0.15) is 36.6 Å². The van der Waals surface area contributed by atoms with Crippen molar-refractivity contribution in [3.8, 4) is 11.4 Å². The molecule has 3 heterocycles. The molecule has 0 spiro atoms. The van der Waals surface area contributed by atoms with E-state index in [9.17, 15) is 4.79 Å². The van der Waals surface area contributed by atoms with Crippen LogP contribution in [0.2, 0.25) is 0 Å². The predicted molar refractivity (Wildman–Crippen MR) is 110 cm³/mol. The van der Waals surface area contributed by atoms with Gasteiger partial charge in [0.25, 0.3) is 0 Å². The first kappa shape index (κ1) is 18.6. The number of anilines is 1. The zero-order chi connectivity index (χ0) is 18.6. The lowest BCUT2D eigenvalue weighted by molar-refractivity contribution is -0.113. The average molecular weight is 421 g/mol. The van der Waals surface area contributed by atoms with Crippen LogP contribution >= 0.6 is 34.4 Å². The third-order valence-electron chi connectivity index (χ3n) is 4.41. The summed E-state index contributed by atoms with van der Waals surface area (Å²) in [5.74, 6) is 1.09. The second-order valence-corrected chi connectivity index (χ2v) is 9.04. The van der Waals surface area contributed by atoms with Gasteiger partial charge in [-0.05, 0) is 37.7 Å². The van der Waals surface area contributed by atoms with E-state index >= 15 is 0 Å². The van der Waals surface area contributed by atoms with E-state index in [4.69, 9.17) is 0 Å². The summed E-state index contributed by atoms with van der Waals surface area (Å²) in [4.78, 5) is 13.6. The lowest BCUT2D eigenvalue weighted by Gasteiger charge is -2.13. The Kier molecular flexibility index (Phi) is 5.84. The number of nitrogens with one attached hydrogen (secondary N) is 1. The van der Waals surface area contributed by atoms with Gasteiger partial charge in [-0.3, -0.25) is 10.1 Å². The Hall–Kier alpha value is -1.78. The highest BCUT2D eigenvalue weighted by Gasteiger charge is 2.22. The normalized spacial score (nSPS) is 13.5. The van der Waals surface area contributed by atoms with Crippen molar-refractivity contribution in [2.24, 2.45) is 0 Å². The highest BCUT2D eigenvalue weighted by Crippen LogP contribution is 2.36. The molecule has 1 amide bonds. The van der Waals surface area contributed by atoms with Gasteiger partial charge in [-0.25, -0.2) is 0 Å². The molecule has 0 radical (unpaired) electrons. The molecule has 0 saturated heterocycles. The minimum absolute atomic E-state index is 0.114. The fraction of sp³-hybridized carbons (Fsp3) is 0.471. The zero-order valence-corrected chi connectivity index (χ0v) is 17.4. The van der Waals surface area contributed by atoms with E-state index in [0.717, 1.165) is 30.4 Å². The molecule has 0 bridgehead atoms. The van der Waals surface area contributed by atoms with E-state index in [1.54, 1.807) is 5.51 Å². The van der Waals surface area contributed by atoms with Crippen molar-refractivity contribution in [3.63, 3.8) is 0 Å². The number of fused-ring (bicyclic) bond motifs is 1. The summed E-state index contributed by atoms with van der Waals surface area (Å²) in [5.41, 5.74) is 4.26. The number of thiophene rings is 1. The van der Waals surface area contributed by atoms with Crippen LogP contribution < -0.4 is 5.32 Å². The molecular weight excluding hydrogens is 400 g/mol. The van der Waals surface area contributed by atoms with Crippen LogP contribution in [-0.2, 0) is 24.2 Å². The maximum absolute atomic E-state index is 12.1. The maximum atomic E-state index is 12.1. The van der Waals surface area contributed by atoms with Crippen molar-refractivity contribution in [3.05, 3.63) is 21.3 Å². The van der Waals surface area contributed by atoms with E-state index in [-0.39, 0.29) is 11.7 Å². The number of rotatable bonds is 7. The summed E-state index contributed by atoms with van der Waals surface area (Å²) >= 11 is 4.55. The van der Waals surface area contributed by atoms with E-state index in [0.29, 0.717) is 5.13 Å². The van der Waals surface area contributed by atoms with Crippen LogP contribution in [0, 0.1) is 0 Å². The second kappa shape index (κ2) is 8.49. The number of hydrogen-bond donors (Lipinski definition) is 1. The molecular formula is C17H20N6OS3. The molecule has 3 aromatic rings. The van der Waals surface area contributed by atoms with Crippen LogP contribution in [0.4, 0.5) is 5.13 Å². The van der Waals surface area contributed by atoms with Crippen LogP contribution in [0.15, 0.2) is 16.0 Å². The lowest BCUT2D eigenvalue weighted by Crippen LogP contribution is -2.14. The van der Waals surface area contributed by atoms with Gasteiger partial charge in [-0.15, -0.1) is 31.7 Å². The fourth-order valence-electron chi connectivity index (χ4n) is 3.21. The molecule has 0 aliphatic heterocycles. The van der Waals surface area contributed by atoms with Crippen LogP contribution in [0.25, 0.3) is 11.4 Å². The Morgan fingerprint density at radius 3 is 2.96 bits per heavy atom. The number of amides is 1. The van der Waals surface area contributed by atoms with Crippen LogP contribution in [-0.4, -0.2) is 36.6 Å². The van der Waals surface area contributed by atoms with Crippen molar-refractivity contribution < 1.29 is 4.79 Å². The Morgan fingerprint density at radius 2 is 2.15 bits per heavy atom. The zero-order valence-electron chi connectivity index (χ0n) is 15.0. The molecule has 7 nitrogen and oxygen atoms in total. The number of aryl methyl sites for hydroxylation is 1. The smallest absolute Gasteiger partial charge is 0.236 e. The van der Waals surface area contributed by atoms with Crippen molar-refractivity contribution in [1.82, 2.24) is 25.0 Å². The first-order chi connectivity index (χ1) is 13.3. The second-order valence-electron chi connectivity index (χ2n) is 6.30. The van der Waals surface area contributed by atoms with Gasteiger partial charge in [0.1, 0.15) is 5.51 Å².